The molecule has 0 aliphatic carbocycles. The highest BCUT2D eigenvalue weighted by Gasteiger charge is 2.43. The number of hydrogen-bond acceptors (Lipinski definition) is 4. The zero-order valence-corrected chi connectivity index (χ0v) is 19.7. The summed E-state index contributed by atoms with van der Waals surface area (Å²) in [5.74, 6) is -0.411. The minimum atomic E-state index is -1.81. The van der Waals surface area contributed by atoms with E-state index in [1.54, 1.807) is 41.7 Å². The first-order valence-electron chi connectivity index (χ1n) is 9.72. The van der Waals surface area contributed by atoms with Crippen LogP contribution in [-0.2, 0) is 4.79 Å². The maximum atomic E-state index is 12.6. The van der Waals surface area contributed by atoms with Crippen LogP contribution in [0.25, 0.3) is 17.0 Å². The number of fused-ring (bicyclic) bond motifs is 1. The Hall–Kier alpha value is -2.45. The molecule has 0 spiro atoms. The van der Waals surface area contributed by atoms with Crippen LogP contribution in [0.3, 0.4) is 0 Å². The summed E-state index contributed by atoms with van der Waals surface area (Å²) in [6, 6.07) is 13.3. The van der Waals surface area contributed by atoms with Crippen LogP contribution in [0.2, 0.25) is 0 Å². The van der Waals surface area contributed by atoms with Crippen LogP contribution in [-0.4, -0.2) is 48.9 Å². The minimum Gasteiger partial charge on any atom is -0.328 e. The minimum absolute atomic E-state index is 0.411. The van der Waals surface area contributed by atoms with E-state index in [1.807, 2.05) is 35.2 Å². The highest BCUT2D eigenvalue weighted by Crippen LogP contribution is 2.35. The molecule has 6 nitrogen and oxygen atoms in total. The molecule has 1 saturated heterocycles. The standard InChI is InChI=1S/C22H18Cl3N5OS/c23-22(24,25)20(28-18(31)7-6-15-8-11-26-12-9-15)30-14-13-29(21(30)32)17-5-1-3-16-4-2-10-27-19(16)17/h1-12,20H,13-14H2,(H,28,31)/b7-6+. The van der Waals surface area contributed by atoms with Gasteiger partial charge in [0.1, 0.15) is 0 Å². The molecule has 3 aromatic rings. The van der Waals surface area contributed by atoms with Gasteiger partial charge in [-0.15, -0.1) is 0 Å². The second-order valence-electron chi connectivity index (χ2n) is 7.05. The van der Waals surface area contributed by atoms with E-state index in [4.69, 9.17) is 47.0 Å². The third-order valence-electron chi connectivity index (χ3n) is 4.98. The van der Waals surface area contributed by atoms with Gasteiger partial charge in [0.25, 0.3) is 0 Å². The van der Waals surface area contributed by atoms with Crippen molar-refractivity contribution in [2.24, 2.45) is 0 Å². The number of halogens is 3. The van der Waals surface area contributed by atoms with Gasteiger partial charge in [-0.1, -0.05) is 53.0 Å². The van der Waals surface area contributed by atoms with Crippen molar-refractivity contribution in [3.63, 3.8) is 0 Å². The largest absolute Gasteiger partial charge is 0.328 e. The van der Waals surface area contributed by atoms with Crippen molar-refractivity contribution in [2.45, 2.75) is 9.96 Å². The fraction of sp³-hybridized carbons (Fsp3) is 0.182. The van der Waals surface area contributed by atoms with E-state index in [-0.39, 0.29) is 0 Å². The molecule has 1 unspecified atom stereocenters. The number of carbonyl (C=O) groups excluding carboxylic acids is 1. The highest BCUT2D eigenvalue weighted by atomic mass is 35.6. The highest BCUT2D eigenvalue weighted by molar-refractivity contribution is 7.80. The average molecular weight is 507 g/mol. The van der Waals surface area contributed by atoms with Crippen molar-refractivity contribution in [1.29, 1.82) is 0 Å². The third kappa shape index (κ3) is 4.96. The molecule has 32 heavy (non-hydrogen) atoms. The number of alkyl halides is 3. The van der Waals surface area contributed by atoms with Gasteiger partial charge in [0.05, 0.1) is 11.2 Å². The first-order valence-corrected chi connectivity index (χ1v) is 11.3. The Morgan fingerprint density at radius 3 is 2.59 bits per heavy atom. The van der Waals surface area contributed by atoms with Crippen LogP contribution < -0.4 is 10.2 Å². The van der Waals surface area contributed by atoms with Crippen molar-refractivity contribution in [3.05, 3.63) is 72.7 Å². The summed E-state index contributed by atoms with van der Waals surface area (Å²) < 4.78 is -1.81. The molecule has 1 aromatic carbocycles. The Balaban J connectivity index is 1.55. The van der Waals surface area contributed by atoms with Gasteiger partial charge >= 0.3 is 0 Å². The molecule has 10 heteroatoms. The number of carbonyl (C=O) groups is 1. The van der Waals surface area contributed by atoms with Crippen molar-refractivity contribution in [3.8, 4) is 0 Å². The second kappa shape index (κ2) is 9.58. The fourth-order valence-corrected chi connectivity index (χ4v) is 4.39. The molecule has 1 amide bonds. The first-order chi connectivity index (χ1) is 15.3. The lowest BCUT2D eigenvalue weighted by Gasteiger charge is -2.34. The predicted molar refractivity (Wildman–Crippen MR) is 134 cm³/mol. The molecule has 0 saturated carbocycles. The number of anilines is 1. The van der Waals surface area contributed by atoms with Gasteiger partial charge in [-0.3, -0.25) is 14.8 Å². The molecular formula is C22H18Cl3N5OS. The third-order valence-corrected chi connectivity index (χ3v) is 6.05. The van der Waals surface area contributed by atoms with E-state index in [9.17, 15) is 4.79 Å². The molecule has 2 aromatic heterocycles. The van der Waals surface area contributed by atoms with Crippen LogP contribution in [0.4, 0.5) is 5.69 Å². The number of amides is 1. The molecule has 3 heterocycles. The van der Waals surface area contributed by atoms with E-state index in [0.29, 0.717) is 18.2 Å². The average Bonchev–Trinajstić information content (AvgIpc) is 3.16. The maximum absolute atomic E-state index is 12.6. The van der Waals surface area contributed by atoms with Crippen molar-refractivity contribution in [2.75, 3.05) is 18.0 Å². The van der Waals surface area contributed by atoms with Gasteiger partial charge in [-0.05, 0) is 48.1 Å². The van der Waals surface area contributed by atoms with Gasteiger partial charge < -0.3 is 15.1 Å². The van der Waals surface area contributed by atoms with E-state index >= 15 is 0 Å². The number of rotatable bonds is 5. The molecule has 1 N–H and O–H groups in total. The molecule has 1 fully saturated rings. The summed E-state index contributed by atoms with van der Waals surface area (Å²) in [6.45, 7) is 1.03. The van der Waals surface area contributed by atoms with Gasteiger partial charge in [-0.25, -0.2) is 0 Å². The van der Waals surface area contributed by atoms with Gasteiger partial charge in [0, 0.05) is 43.1 Å². The van der Waals surface area contributed by atoms with Gasteiger partial charge in [0.15, 0.2) is 11.3 Å². The van der Waals surface area contributed by atoms with E-state index in [1.165, 1.54) is 6.08 Å². The quantitative estimate of drug-likeness (QED) is 0.311. The van der Waals surface area contributed by atoms with E-state index < -0.39 is 15.9 Å². The zero-order chi connectivity index (χ0) is 22.7. The van der Waals surface area contributed by atoms with Gasteiger partial charge in [0.2, 0.25) is 9.70 Å². The van der Waals surface area contributed by atoms with E-state index in [0.717, 1.165) is 22.2 Å². The summed E-state index contributed by atoms with van der Waals surface area (Å²) in [5.41, 5.74) is 2.52. The molecular weight excluding hydrogens is 489 g/mol. The number of thiocarbonyl (C=S) groups is 1. The fourth-order valence-electron chi connectivity index (χ4n) is 3.49. The summed E-state index contributed by atoms with van der Waals surface area (Å²) in [7, 11) is 0. The van der Waals surface area contributed by atoms with Crippen LogP contribution in [0.5, 0.6) is 0 Å². The van der Waals surface area contributed by atoms with Crippen LogP contribution in [0, 0.1) is 0 Å². The van der Waals surface area contributed by atoms with Crippen molar-refractivity contribution < 1.29 is 4.79 Å². The Bertz CT molecular complexity index is 1160. The second-order valence-corrected chi connectivity index (χ2v) is 9.78. The maximum Gasteiger partial charge on any atom is 0.245 e. The Kier molecular flexibility index (Phi) is 6.81. The topological polar surface area (TPSA) is 61.4 Å². The molecule has 164 valence electrons. The molecule has 1 atom stereocenters. The van der Waals surface area contributed by atoms with Crippen LogP contribution in [0.1, 0.15) is 5.56 Å². The number of aromatic nitrogens is 2. The lowest BCUT2D eigenvalue weighted by atomic mass is 10.2. The van der Waals surface area contributed by atoms with Crippen molar-refractivity contribution in [1.82, 2.24) is 20.2 Å². The molecule has 4 rings (SSSR count). The molecule has 0 radical (unpaired) electrons. The Morgan fingerprint density at radius 1 is 1.09 bits per heavy atom. The Labute approximate surface area is 205 Å². The molecule has 1 aliphatic heterocycles. The van der Waals surface area contributed by atoms with Crippen molar-refractivity contribution >= 4 is 80.7 Å². The lowest BCUT2D eigenvalue weighted by Crippen LogP contribution is -2.56. The number of pyridine rings is 2. The zero-order valence-electron chi connectivity index (χ0n) is 16.7. The smallest absolute Gasteiger partial charge is 0.245 e. The number of hydrogen-bond donors (Lipinski definition) is 1. The normalized spacial score (nSPS) is 15.5. The SMILES string of the molecule is O=C(/C=C/c1ccncc1)NC(N1CCN(c2cccc3cccnc23)C1=S)C(Cl)(Cl)Cl. The summed E-state index contributed by atoms with van der Waals surface area (Å²) in [4.78, 5) is 24.7. The monoisotopic (exact) mass is 505 g/mol. The summed E-state index contributed by atoms with van der Waals surface area (Å²) >= 11 is 24.5. The summed E-state index contributed by atoms with van der Waals surface area (Å²) in [6.07, 6.45) is 7.10. The number of nitrogens with zero attached hydrogens (tertiary/aromatic N) is 4. The predicted octanol–water partition coefficient (Wildman–Crippen LogP) is 4.56. The molecule has 0 bridgehead atoms. The number of nitrogens with one attached hydrogen (secondary N) is 1. The van der Waals surface area contributed by atoms with Gasteiger partial charge in [-0.2, -0.15) is 0 Å². The summed E-state index contributed by atoms with van der Waals surface area (Å²) in [5, 5.41) is 4.21. The number of benzene rings is 1. The Morgan fingerprint density at radius 2 is 1.84 bits per heavy atom. The van der Waals surface area contributed by atoms with E-state index in [2.05, 4.69) is 15.3 Å². The first kappa shape index (κ1) is 22.7. The van der Waals surface area contributed by atoms with Crippen LogP contribution in [0.15, 0.2) is 67.1 Å². The lowest BCUT2D eigenvalue weighted by molar-refractivity contribution is -0.117. The van der Waals surface area contributed by atoms with Crippen LogP contribution >= 0.6 is 47.0 Å². The number of para-hydroxylation sites is 1. The molecule has 1 aliphatic rings.